The maximum Gasteiger partial charge on any atom is 0.417 e. The molecule has 1 N–H and O–H groups in total. The molecule has 0 heterocycles. The van der Waals surface area contributed by atoms with Gasteiger partial charge in [0.1, 0.15) is 6.54 Å². The summed E-state index contributed by atoms with van der Waals surface area (Å²) in [4.78, 5) is 23.7. The lowest BCUT2D eigenvalue weighted by Gasteiger charge is -2.22. The van der Waals surface area contributed by atoms with Gasteiger partial charge in [0.15, 0.2) is 0 Å². The minimum Gasteiger partial charge on any atom is -0.480 e. The maximum absolute atomic E-state index is 12.9. The van der Waals surface area contributed by atoms with Crippen LogP contribution in [0.2, 0.25) is 0 Å². The SMILES string of the molecule is COCCN(CC(=O)O)C(=O)c1ccccc1C(F)(F)F. The minimum absolute atomic E-state index is 0.0210. The number of hydrogen-bond donors (Lipinski definition) is 1. The second-order valence-corrected chi connectivity index (χ2v) is 4.16. The largest absolute Gasteiger partial charge is 0.480 e. The first-order chi connectivity index (χ1) is 9.77. The molecule has 0 unspecified atom stereocenters. The molecule has 0 saturated heterocycles. The van der Waals surface area contributed by atoms with E-state index in [0.717, 1.165) is 23.1 Å². The van der Waals surface area contributed by atoms with Crippen molar-refractivity contribution in [2.24, 2.45) is 0 Å². The standard InChI is InChI=1S/C13H14F3NO4/c1-21-7-6-17(8-11(18)19)12(20)9-4-2-3-5-10(9)13(14,15)16/h2-5H,6-8H2,1H3,(H,18,19). The number of ether oxygens (including phenoxy) is 1. The Labute approximate surface area is 118 Å². The number of carboxylic acid groups (broad SMARTS) is 1. The van der Waals surface area contributed by atoms with E-state index in [1.807, 2.05) is 0 Å². The second kappa shape index (κ2) is 7.07. The molecule has 0 aliphatic heterocycles. The van der Waals surface area contributed by atoms with Gasteiger partial charge in [-0.2, -0.15) is 13.2 Å². The molecular formula is C13H14F3NO4. The molecule has 116 valence electrons. The van der Waals surface area contributed by atoms with Crippen molar-refractivity contribution in [2.45, 2.75) is 6.18 Å². The fraction of sp³-hybridized carbons (Fsp3) is 0.385. The number of methoxy groups -OCH3 is 1. The van der Waals surface area contributed by atoms with Gasteiger partial charge in [0, 0.05) is 13.7 Å². The quantitative estimate of drug-likeness (QED) is 0.871. The normalized spacial score (nSPS) is 11.2. The van der Waals surface area contributed by atoms with E-state index < -0.39 is 35.7 Å². The molecule has 1 aromatic rings. The molecule has 21 heavy (non-hydrogen) atoms. The van der Waals surface area contributed by atoms with E-state index in [4.69, 9.17) is 9.84 Å². The Bertz CT molecular complexity index is 516. The van der Waals surface area contributed by atoms with Crippen LogP contribution in [0.3, 0.4) is 0 Å². The van der Waals surface area contributed by atoms with Crippen LogP contribution in [0.4, 0.5) is 13.2 Å². The summed E-state index contributed by atoms with van der Waals surface area (Å²) in [6, 6.07) is 4.25. The Morgan fingerprint density at radius 3 is 2.43 bits per heavy atom. The Hall–Kier alpha value is -2.09. The van der Waals surface area contributed by atoms with E-state index in [2.05, 4.69) is 0 Å². The number of carbonyl (C=O) groups is 2. The van der Waals surface area contributed by atoms with Gasteiger partial charge in [-0.25, -0.2) is 0 Å². The predicted molar refractivity (Wildman–Crippen MR) is 66.9 cm³/mol. The van der Waals surface area contributed by atoms with Gasteiger partial charge in [-0.05, 0) is 12.1 Å². The van der Waals surface area contributed by atoms with Gasteiger partial charge < -0.3 is 14.7 Å². The van der Waals surface area contributed by atoms with E-state index in [1.54, 1.807) is 0 Å². The Morgan fingerprint density at radius 1 is 1.29 bits per heavy atom. The lowest BCUT2D eigenvalue weighted by Crippen LogP contribution is -2.38. The molecular weight excluding hydrogens is 291 g/mol. The zero-order chi connectivity index (χ0) is 16.0. The summed E-state index contributed by atoms with van der Waals surface area (Å²) in [5.41, 5.74) is -1.68. The molecule has 0 atom stereocenters. The minimum atomic E-state index is -4.69. The fourth-order valence-electron chi connectivity index (χ4n) is 1.70. The summed E-state index contributed by atoms with van der Waals surface area (Å²) in [6.45, 7) is -0.796. The van der Waals surface area contributed by atoms with E-state index in [1.165, 1.54) is 13.2 Å². The third-order valence-corrected chi connectivity index (χ3v) is 2.64. The van der Waals surface area contributed by atoms with Crippen LogP contribution < -0.4 is 0 Å². The summed E-state index contributed by atoms with van der Waals surface area (Å²) >= 11 is 0. The molecule has 0 radical (unpaired) electrons. The number of nitrogens with zero attached hydrogens (tertiary/aromatic N) is 1. The molecule has 0 aliphatic rings. The first-order valence-electron chi connectivity index (χ1n) is 5.93. The van der Waals surface area contributed by atoms with E-state index in [0.29, 0.717) is 0 Å². The highest BCUT2D eigenvalue weighted by Crippen LogP contribution is 2.32. The summed E-state index contributed by atoms with van der Waals surface area (Å²) in [7, 11) is 1.34. The molecule has 0 spiro atoms. The highest BCUT2D eigenvalue weighted by atomic mass is 19.4. The maximum atomic E-state index is 12.9. The summed E-state index contributed by atoms with van der Waals surface area (Å²) in [5.74, 6) is -2.31. The lowest BCUT2D eigenvalue weighted by atomic mass is 10.1. The average molecular weight is 305 g/mol. The van der Waals surface area contributed by atoms with Crippen molar-refractivity contribution in [3.05, 3.63) is 35.4 Å². The third-order valence-electron chi connectivity index (χ3n) is 2.64. The number of carboxylic acids is 1. The Kier molecular flexibility index (Phi) is 5.71. The van der Waals surface area contributed by atoms with Crippen molar-refractivity contribution < 1.29 is 32.6 Å². The van der Waals surface area contributed by atoms with Crippen molar-refractivity contribution in [2.75, 3.05) is 26.8 Å². The smallest absolute Gasteiger partial charge is 0.417 e. The van der Waals surface area contributed by atoms with Crippen molar-refractivity contribution in [1.82, 2.24) is 4.90 Å². The fourth-order valence-corrected chi connectivity index (χ4v) is 1.70. The van der Waals surface area contributed by atoms with Gasteiger partial charge in [-0.1, -0.05) is 12.1 Å². The summed E-state index contributed by atoms with van der Waals surface area (Å²) in [5, 5.41) is 8.75. The van der Waals surface area contributed by atoms with Crippen LogP contribution in [0.25, 0.3) is 0 Å². The summed E-state index contributed by atoms with van der Waals surface area (Å²) in [6.07, 6.45) is -4.69. The molecule has 1 amide bonds. The zero-order valence-corrected chi connectivity index (χ0v) is 11.2. The molecule has 0 bridgehead atoms. The van der Waals surface area contributed by atoms with Crippen LogP contribution in [-0.2, 0) is 15.7 Å². The average Bonchev–Trinajstić information content (AvgIpc) is 2.41. The van der Waals surface area contributed by atoms with Gasteiger partial charge in [-0.3, -0.25) is 9.59 Å². The first kappa shape index (κ1) is 17.0. The molecule has 1 rings (SSSR count). The molecule has 0 fully saturated rings. The van der Waals surface area contributed by atoms with E-state index in [9.17, 15) is 22.8 Å². The molecule has 1 aromatic carbocycles. The number of alkyl halides is 3. The zero-order valence-electron chi connectivity index (χ0n) is 11.2. The number of carbonyl (C=O) groups excluding carboxylic acids is 1. The van der Waals surface area contributed by atoms with Gasteiger partial charge in [0.2, 0.25) is 0 Å². The van der Waals surface area contributed by atoms with E-state index in [-0.39, 0.29) is 13.2 Å². The number of benzene rings is 1. The second-order valence-electron chi connectivity index (χ2n) is 4.16. The predicted octanol–water partition coefficient (Wildman–Crippen LogP) is 1.88. The van der Waals surface area contributed by atoms with Crippen LogP contribution >= 0.6 is 0 Å². The third kappa shape index (κ3) is 4.75. The topological polar surface area (TPSA) is 66.8 Å². The van der Waals surface area contributed by atoms with Crippen LogP contribution in [0.5, 0.6) is 0 Å². The van der Waals surface area contributed by atoms with Gasteiger partial charge >= 0.3 is 12.1 Å². The van der Waals surface area contributed by atoms with Crippen molar-refractivity contribution in [3.8, 4) is 0 Å². The Balaban J connectivity index is 3.11. The number of aliphatic carboxylic acids is 1. The molecule has 8 heteroatoms. The number of halogens is 3. The number of amides is 1. The monoisotopic (exact) mass is 305 g/mol. The van der Waals surface area contributed by atoms with Gasteiger partial charge in [-0.15, -0.1) is 0 Å². The Morgan fingerprint density at radius 2 is 1.90 bits per heavy atom. The molecule has 0 saturated carbocycles. The van der Waals surface area contributed by atoms with Crippen molar-refractivity contribution in [3.63, 3.8) is 0 Å². The first-order valence-corrected chi connectivity index (χ1v) is 5.93. The highest BCUT2D eigenvalue weighted by molar-refractivity contribution is 5.97. The van der Waals surface area contributed by atoms with Crippen LogP contribution in [-0.4, -0.2) is 48.7 Å². The number of rotatable bonds is 6. The van der Waals surface area contributed by atoms with Crippen LogP contribution in [0.1, 0.15) is 15.9 Å². The van der Waals surface area contributed by atoms with E-state index >= 15 is 0 Å². The molecule has 5 nitrogen and oxygen atoms in total. The van der Waals surface area contributed by atoms with Crippen LogP contribution in [0, 0.1) is 0 Å². The molecule has 0 aromatic heterocycles. The number of hydrogen-bond acceptors (Lipinski definition) is 3. The van der Waals surface area contributed by atoms with Crippen LogP contribution in [0.15, 0.2) is 24.3 Å². The van der Waals surface area contributed by atoms with Crippen molar-refractivity contribution >= 4 is 11.9 Å². The molecule has 0 aliphatic carbocycles. The van der Waals surface area contributed by atoms with Crippen molar-refractivity contribution in [1.29, 1.82) is 0 Å². The lowest BCUT2D eigenvalue weighted by molar-refractivity contribution is -0.138. The highest BCUT2D eigenvalue weighted by Gasteiger charge is 2.36. The van der Waals surface area contributed by atoms with Gasteiger partial charge in [0.05, 0.1) is 17.7 Å². The van der Waals surface area contributed by atoms with Gasteiger partial charge in [0.25, 0.3) is 5.91 Å². The summed E-state index contributed by atoms with van der Waals surface area (Å²) < 4.78 is 43.4.